The fraction of sp³-hybridized carbons (Fsp3) is 0.231. The number of carbonyl (C=O) groups is 1. The molecule has 0 unspecified atom stereocenters. The molecule has 0 saturated heterocycles. The maximum absolute atomic E-state index is 11.1. The van der Waals surface area contributed by atoms with E-state index in [-0.39, 0.29) is 5.69 Å². The molecule has 0 spiro atoms. The van der Waals surface area contributed by atoms with Crippen LogP contribution in [0.4, 0.5) is 0 Å². The van der Waals surface area contributed by atoms with Gasteiger partial charge in [0.05, 0.1) is 6.61 Å². The topological polar surface area (TPSA) is 75.2 Å². The van der Waals surface area contributed by atoms with Crippen molar-refractivity contribution >= 4 is 5.97 Å². The average Bonchev–Trinajstić information content (AvgIpc) is 2.73. The highest BCUT2D eigenvalue weighted by Gasteiger charge is 2.16. The van der Waals surface area contributed by atoms with Crippen molar-refractivity contribution in [3.05, 3.63) is 35.8 Å². The molecular weight excluding hydrogens is 232 g/mol. The summed E-state index contributed by atoms with van der Waals surface area (Å²) in [4.78, 5) is 18.0. The largest absolute Gasteiger partial charge is 0.494 e. The van der Waals surface area contributed by atoms with Gasteiger partial charge in [0.2, 0.25) is 0 Å². The van der Waals surface area contributed by atoms with E-state index in [4.69, 9.17) is 9.84 Å². The highest BCUT2D eigenvalue weighted by molar-refractivity contribution is 5.92. The van der Waals surface area contributed by atoms with Crippen molar-refractivity contribution in [3.63, 3.8) is 0 Å². The minimum atomic E-state index is -1.01. The number of H-pyrrole nitrogens is 1. The van der Waals surface area contributed by atoms with Gasteiger partial charge in [-0.25, -0.2) is 9.78 Å². The van der Waals surface area contributed by atoms with E-state index in [1.54, 1.807) is 31.2 Å². The molecule has 0 bridgehead atoms. The molecular formula is C13H14N2O3. The minimum Gasteiger partial charge on any atom is -0.494 e. The molecule has 1 aromatic carbocycles. The van der Waals surface area contributed by atoms with E-state index in [2.05, 4.69) is 9.97 Å². The molecule has 1 aromatic heterocycles. The Morgan fingerprint density at radius 1 is 1.39 bits per heavy atom. The molecule has 0 aliphatic rings. The number of aromatic carboxylic acids is 1. The molecule has 2 rings (SSSR count). The highest BCUT2D eigenvalue weighted by Crippen LogP contribution is 2.24. The van der Waals surface area contributed by atoms with Crippen molar-refractivity contribution in [3.8, 4) is 17.0 Å². The summed E-state index contributed by atoms with van der Waals surface area (Å²) in [6.45, 7) is 4.24. The van der Waals surface area contributed by atoms with Crippen molar-refractivity contribution in [2.24, 2.45) is 0 Å². The number of aryl methyl sites for hydroxylation is 1. The number of ether oxygens (including phenoxy) is 1. The van der Waals surface area contributed by atoms with Crippen LogP contribution >= 0.6 is 0 Å². The predicted molar refractivity (Wildman–Crippen MR) is 66.9 cm³/mol. The Hall–Kier alpha value is -2.30. The fourth-order valence-electron chi connectivity index (χ4n) is 1.73. The molecule has 5 heteroatoms. The van der Waals surface area contributed by atoms with Crippen LogP contribution in [0.1, 0.15) is 23.2 Å². The number of imidazole rings is 1. The van der Waals surface area contributed by atoms with Crippen LogP contribution in [0.2, 0.25) is 0 Å². The lowest BCUT2D eigenvalue weighted by Gasteiger charge is -2.04. The number of carboxylic acids is 1. The molecule has 0 amide bonds. The summed E-state index contributed by atoms with van der Waals surface area (Å²) in [6, 6.07) is 7.20. The van der Waals surface area contributed by atoms with Gasteiger partial charge < -0.3 is 14.8 Å². The summed E-state index contributed by atoms with van der Waals surface area (Å²) in [5, 5.41) is 9.08. The standard InChI is InChI=1S/C13H14N2O3/c1-3-18-10-6-4-9(5-7-10)11-12(13(16)17)15-8(2)14-11/h4-7H,3H2,1-2H3,(H,14,15)(H,16,17). The van der Waals surface area contributed by atoms with E-state index < -0.39 is 5.97 Å². The minimum absolute atomic E-state index is 0.108. The third-order valence-electron chi connectivity index (χ3n) is 2.47. The summed E-state index contributed by atoms with van der Waals surface area (Å²) in [6.07, 6.45) is 0. The normalized spacial score (nSPS) is 10.3. The average molecular weight is 246 g/mol. The molecule has 0 fully saturated rings. The van der Waals surface area contributed by atoms with Crippen molar-refractivity contribution < 1.29 is 14.6 Å². The molecule has 0 radical (unpaired) electrons. The van der Waals surface area contributed by atoms with Crippen LogP contribution in [0.3, 0.4) is 0 Å². The molecule has 94 valence electrons. The first kappa shape index (κ1) is 12.2. The number of aromatic amines is 1. The first-order chi connectivity index (χ1) is 8.61. The fourth-order valence-corrected chi connectivity index (χ4v) is 1.73. The van der Waals surface area contributed by atoms with Gasteiger partial charge in [0.15, 0.2) is 5.69 Å². The number of nitrogens with zero attached hydrogens (tertiary/aromatic N) is 1. The monoisotopic (exact) mass is 246 g/mol. The van der Waals surface area contributed by atoms with Gasteiger partial charge in [-0.3, -0.25) is 0 Å². The number of hydrogen-bond acceptors (Lipinski definition) is 3. The Bertz CT molecular complexity index is 558. The van der Waals surface area contributed by atoms with Crippen LogP contribution in [-0.2, 0) is 0 Å². The lowest BCUT2D eigenvalue weighted by molar-refractivity contribution is 0.0692. The van der Waals surface area contributed by atoms with E-state index in [9.17, 15) is 4.79 Å². The van der Waals surface area contributed by atoms with E-state index in [0.29, 0.717) is 18.1 Å². The second-order valence-corrected chi connectivity index (χ2v) is 3.81. The molecule has 18 heavy (non-hydrogen) atoms. The van der Waals surface area contributed by atoms with Crippen molar-refractivity contribution in [1.82, 2.24) is 9.97 Å². The van der Waals surface area contributed by atoms with Crippen LogP contribution in [-0.4, -0.2) is 27.7 Å². The quantitative estimate of drug-likeness (QED) is 0.869. The summed E-state index contributed by atoms with van der Waals surface area (Å²) < 4.78 is 5.34. The van der Waals surface area contributed by atoms with Crippen LogP contribution in [0.5, 0.6) is 5.75 Å². The summed E-state index contributed by atoms with van der Waals surface area (Å²) in [7, 11) is 0. The molecule has 2 N–H and O–H groups in total. The van der Waals surface area contributed by atoms with Crippen molar-refractivity contribution in [2.45, 2.75) is 13.8 Å². The summed E-state index contributed by atoms with van der Waals surface area (Å²) in [5.41, 5.74) is 1.31. The number of nitrogens with one attached hydrogen (secondary N) is 1. The lowest BCUT2D eigenvalue weighted by atomic mass is 10.1. The summed E-state index contributed by atoms with van der Waals surface area (Å²) >= 11 is 0. The number of benzene rings is 1. The van der Waals surface area contributed by atoms with Crippen LogP contribution in [0.25, 0.3) is 11.3 Å². The first-order valence-corrected chi connectivity index (χ1v) is 5.65. The second-order valence-electron chi connectivity index (χ2n) is 3.81. The third-order valence-corrected chi connectivity index (χ3v) is 2.47. The number of hydrogen-bond donors (Lipinski definition) is 2. The van der Waals surface area contributed by atoms with Crippen LogP contribution in [0, 0.1) is 6.92 Å². The van der Waals surface area contributed by atoms with E-state index >= 15 is 0 Å². The second kappa shape index (κ2) is 4.91. The molecule has 0 atom stereocenters. The van der Waals surface area contributed by atoms with Gasteiger partial charge >= 0.3 is 5.97 Å². The number of rotatable bonds is 4. The van der Waals surface area contributed by atoms with E-state index in [1.165, 1.54) is 0 Å². The first-order valence-electron chi connectivity index (χ1n) is 5.65. The third kappa shape index (κ3) is 2.34. The number of aromatic nitrogens is 2. The van der Waals surface area contributed by atoms with E-state index in [1.807, 2.05) is 6.92 Å². The van der Waals surface area contributed by atoms with Gasteiger partial charge in [0.25, 0.3) is 0 Å². The Morgan fingerprint density at radius 3 is 2.61 bits per heavy atom. The maximum atomic E-state index is 11.1. The summed E-state index contributed by atoms with van der Waals surface area (Å²) in [5.74, 6) is 0.321. The number of carboxylic acid groups (broad SMARTS) is 1. The molecule has 5 nitrogen and oxygen atoms in total. The van der Waals surface area contributed by atoms with Gasteiger partial charge in [0, 0.05) is 5.56 Å². The zero-order valence-corrected chi connectivity index (χ0v) is 10.2. The molecule has 0 aliphatic heterocycles. The highest BCUT2D eigenvalue weighted by atomic mass is 16.5. The van der Waals surface area contributed by atoms with Gasteiger partial charge in [-0.05, 0) is 38.1 Å². The lowest BCUT2D eigenvalue weighted by Crippen LogP contribution is -1.99. The Labute approximate surface area is 104 Å². The van der Waals surface area contributed by atoms with Gasteiger partial charge in [-0.15, -0.1) is 0 Å². The SMILES string of the molecule is CCOc1ccc(-c2nc(C)[nH]c2C(=O)O)cc1. The molecule has 0 saturated carbocycles. The van der Waals surface area contributed by atoms with Gasteiger partial charge in [0.1, 0.15) is 17.3 Å². The molecule has 1 heterocycles. The van der Waals surface area contributed by atoms with Crippen molar-refractivity contribution in [2.75, 3.05) is 6.61 Å². The van der Waals surface area contributed by atoms with Gasteiger partial charge in [-0.1, -0.05) is 0 Å². The Balaban J connectivity index is 2.39. The zero-order chi connectivity index (χ0) is 13.1. The van der Waals surface area contributed by atoms with Gasteiger partial charge in [-0.2, -0.15) is 0 Å². The smallest absolute Gasteiger partial charge is 0.354 e. The molecule has 2 aromatic rings. The Morgan fingerprint density at radius 2 is 2.06 bits per heavy atom. The Kier molecular flexibility index (Phi) is 3.32. The zero-order valence-electron chi connectivity index (χ0n) is 10.2. The van der Waals surface area contributed by atoms with Crippen LogP contribution < -0.4 is 4.74 Å². The predicted octanol–water partition coefficient (Wildman–Crippen LogP) is 2.48. The van der Waals surface area contributed by atoms with E-state index in [0.717, 1.165) is 11.3 Å². The van der Waals surface area contributed by atoms with Crippen LogP contribution in [0.15, 0.2) is 24.3 Å². The van der Waals surface area contributed by atoms with Crippen molar-refractivity contribution in [1.29, 1.82) is 0 Å². The maximum Gasteiger partial charge on any atom is 0.354 e. The molecule has 0 aliphatic carbocycles.